The Bertz CT molecular complexity index is 1130. The third-order valence-electron chi connectivity index (χ3n) is 5.48. The van der Waals surface area contributed by atoms with E-state index in [0.717, 1.165) is 41.0 Å². The molecule has 7 nitrogen and oxygen atoms in total. The van der Waals surface area contributed by atoms with Gasteiger partial charge in [0.1, 0.15) is 5.75 Å². The van der Waals surface area contributed by atoms with Gasteiger partial charge in [-0.2, -0.15) is 4.98 Å². The highest BCUT2D eigenvalue weighted by Crippen LogP contribution is 2.26. The number of aromatic nitrogens is 4. The van der Waals surface area contributed by atoms with Crippen molar-refractivity contribution >= 4 is 11.0 Å². The molecule has 2 aromatic heterocycles. The predicted octanol–water partition coefficient (Wildman–Crippen LogP) is 3.86. The van der Waals surface area contributed by atoms with Gasteiger partial charge in [-0.05, 0) is 62.3 Å². The number of hydrogen-bond donors (Lipinski definition) is 0. The minimum Gasteiger partial charge on any atom is -0.497 e. The van der Waals surface area contributed by atoms with Crippen molar-refractivity contribution in [3.63, 3.8) is 0 Å². The van der Waals surface area contributed by atoms with Crippen molar-refractivity contribution in [1.82, 2.24) is 24.6 Å². The summed E-state index contributed by atoms with van der Waals surface area (Å²) >= 11 is 0. The molecule has 0 spiro atoms. The zero-order chi connectivity index (χ0) is 19.6. The standard InChI is InChI=1S/C22H23N5O2/c1-28-18-6-4-5-17(13-18)22-24-21(25-29-22)16-7-8-20-19(14-16)23-15-27(20)12-11-26-9-2-3-10-26/h4-8,13-15H,2-3,9-12H2,1H3. The van der Waals surface area contributed by atoms with Gasteiger partial charge in [0.2, 0.25) is 5.82 Å². The number of hydrogen-bond acceptors (Lipinski definition) is 6. The van der Waals surface area contributed by atoms with Crippen LogP contribution in [0.25, 0.3) is 33.9 Å². The summed E-state index contributed by atoms with van der Waals surface area (Å²) in [7, 11) is 1.64. The molecular weight excluding hydrogens is 366 g/mol. The van der Waals surface area contributed by atoms with E-state index >= 15 is 0 Å². The molecule has 5 rings (SSSR count). The molecule has 7 heteroatoms. The molecule has 1 saturated heterocycles. The Morgan fingerprint density at radius 1 is 1.03 bits per heavy atom. The van der Waals surface area contributed by atoms with E-state index in [9.17, 15) is 0 Å². The summed E-state index contributed by atoms with van der Waals surface area (Å²) in [6.07, 6.45) is 4.55. The Hall–Kier alpha value is -3.19. The number of likely N-dealkylation sites (tertiary alicyclic amines) is 1. The number of ether oxygens (including phenoxy) is 1. The minimum atomic E-state index is 0.468. The zero-order valence-electron chi connectivity index (χ0n) is 16.4. The van der Waals surface area contributed by atoms with Crippen molar-refractivity contribution < 1.29 is 9.26 Å². The molecule has 3 heterocycles. The van der Waals surface area contributed by atoms with E-state index in [1.165, 1.54) is 25.9 Å². The largest absolute Gasteiger partial charge is 0.497 e. The van der Waals surface area contributed by atoms with Gasteiger partial charge in [-0.15, -0.1) is 0 Å². The van der Waals surface area contributed by atoms with Gasteiger partial charge >= 0.3 is 0 Å². The molecular formula is C22H23N5O2. The molecule has 0 radical (unpaired) electrons. The molecule has 2 aromatic carbocycles. The van der Waals surface area contributed by atoms with Crippen molar-refractivity contribution in [2.24, 2.45) is 0 Å². The molecule has 4 aromatic rings. The smallest absolute Gasteiger partial charge is 0.258 e. The number of nitrogens with zero attached hydrogens (tertiary/aromatic N) is 5. The average Bonchev–Trinajstić information content (AvgIpc) is 3.52. The van der Waals surface area contributed by atoms with Crippen molar-refractivity contribution in [3.05, 3.63) is 48.8 Å². The maximum Gasteiger partial charge on any atom is 0.258 e. The highest BCUT2D eigenvalue weighted by molar-refractivity contribution is 5.80. The van der Waals surface area contributed by atoms with Crippen molar-refractivity contribution in [1.29, 1.82) is 0 Å². The Labute approximate surface area is 168 Å². The number of benzene rings is 2. The zero-order valence-corrected chi connectivity index (χ0v) is 16.4. The van der Waals surface area contributed by atoms with Crippen LogP contribution >= 0.6 is 0 Å². The summed E-state index contributed by atoms with van der Waals surface area (Å²) in [6, 6.07) is 13.7. The molecule has 0 N–H and O–H groups in total. The fourth-order valence-electron chi connectivity index (χ4n) is 3.85. The molecule has 1 aliphatic heterocycles. The fourth-order valence-corrected chi connectivity index (χ4v) is 3.85. The fraction of sp³-hybridized carbons (Fsp3) is 0.318. The summed E-state index contributed by atoms with van der Waals surface area (Å²) in [5.74, 6) is 1.77. The summed E-state index contributed by atoms with van der Waals surface area (Å²) in [4.78, 5) is 11.6. The molecule has 29 heavy (non-hydrogen) atoms. The van der Waals surface area contributed by atoms with Crippen LogP contribution in [-0.4, -0.2) is 51.3 Å². The summed E-state index contributed by atoms with van der Waals surface area (Å²) in [6.45, 7) is 4.45. The second-order valence-electron chi connectivity index (χ2n) is 7.35. The molecule has 0 amide bonds. The molecule has 1 fully saturated rings. The predicted molar refractivity (Wildman–Crippen MR) is 111 cm³/mol. The van der Waals surface area contributed by atoms with Crippen LogP contribution in [0.15, 0.2) is 53.3 Å². The van der Waals surface area contributed by atoms with Crippen LogP contribution in [0.3, 0.4) is 0 Å². The maximum atomic E-state index is 5.47. The number of imidazole rings is 1. The lowest BCUT2D eigenvalue weighted by molar-refractivity contribution is 0.324. The van der Waals surface area contributed by atoms with Gasteiger partial charge in [-0.3, -0.25) is 0 Å². The van der Waals surface area contributed by atoms with Crippen LogP contribution in [0.4, 0.5) is 0 Å². The van der Waals surface area contributed by atoms with Crippen molar-refractivity contribution in [2.45, 2.75) is 19.4 Å². The monoisotopic (exact) mass is 389 g/mol. The molecule has 0 bridgehead atoms. The van der Waals surface area contributed by atoms with Crippen LogP contribution in [0.2, 0.25) is 0 Å². The summed E-state index contributed by atoms with van der Waals surface area (Å²) in [5.41, 5.74) is 3.79. The van der Waals surface area contributed by atoms with E-state index in [4.69, 9.17) is 9.26 Å². The average molecular weight is 389 g/mol. The van der Waals surface area contributed by atoms with Gasteiger partial charge in [0.25, 0.3) is 5.89 Å². The SMILES string of the molecule is COc1cccc(-c2nc(-c3ccc4c(c3)ncn4CCN3CCCC3)no2)c1. The van der Waals surface area contributed by atoms with Gasteiger partial charge < -0.3 is 18.7 Å². The van der Waals surface area contributed by atoms with Crippen LogP contribution in [-0.2, 0) is 6.54 Å². The maximum absolute atomic E-state index is 5.47. The van der Waals surface area contributed by atoms with Crippen LogP contribution in [0, 0.1) is 0 Å². The topological polar surface area (TPSA) is 69.2 Å². The van der Waals surface area contributed by atoms with E-state index in [2.05, 4.69) is 30.7 Å². The minimum absolute atomic E-state index is 0.468. The first-order valence-electron chi connectivity index (χ1n) is 9.96. The lowest BCUT2D eigenvalue weighted by Crippen LogP contribution is -2.23. The lowest BCUT2D eigenvalue weighted by atomic mass is 10.2. The molecule has 0 unspecified atom stereocenters. The van der Waals surface area contributed by atoms with Crippen LogP contribution in [0.1, 0.15) is 12.8 Å². The van der Waals surface area contributed by atoms with Gasteiger partial charge in [-0.25, -0.2) is 4.98 Å². The molecule has 0 saturated carbocycles. The summed E-state index contributed by atoms with van der Waals surface area (Å²) in [5, 5.41) is 4.15. The quantitative estimate of drug-likeness (QED) is 0.499. The van der Waals surface area contributed by atoms with E-state index in [1.807, 2.05) is 42.7 Å². The number of rotatable bonds is 6. The third-order valence-corrected chi connectivity index (χ3v) is 5.48. The van der Waals surface area contributed by atoms with Gasteiger partial charge in [-0.1, -0.05) is 11.2 Å². The number of fused-ring (bicyclic) bond motifs is 1. The second kappa shape index (κ2) is 7.67. The molecule has 148 valence electrons. The van der Waals surface area contributed by atoms with Gasteiger partial charge in [0, 0.05) is 24.2 Å². The Morgan fingerprint density at radius 3 is 2.79 bits per heavy atom. The van der Waals surface area contributed by atoms with Crippen molar-refractivity contribution in [3.8, 4) is 28.6 Å². The van der Waals surface area contributed by atoms with Crippen molar-refractivity contribution in [2.75, 3.05) is 26.7 Å². The Balaban J connectivity index is 1.37. The number of methoxy groups -OCH3 is 1. The van der Waals surface area contributed by atoms with Crippen LogP contribution < -0.4 is 4.74 Å². The van der Waals surface area contributed by atoms with Crippen LogP contribution in [0.5, 0.6) is 5.75 Å². The van der Waals surface area contributed by atoms with E-state index in [-0.39, 0.29) is 0 Å². The normalized spacial score (nSPS) is 14.7. The lowest BCUT2D eigenvalue weighted by Gasteiger charge is -2.14. The first kappa shape index (κ1) is 17.9. The van der Waals surface area contributed by atoms with E-state index in [0.29, 0.717) is 11.7 Å². The van der Waals surface area contributed by atoms with Gasteiger partial charge in [0.15, 0.2) is 0 Å². The molecule has 1 aliphatic rings. The second-order valence-corrected chi connectivity index (χ2v) is 7.35. The van der Waals surface area contributed by atoms with Gasteiger partial charge in [0.05, 0.1) is 24.5 Å². The Kier molecular flexibility index (Phi) is 4.73. The van der Waals surface area contributed by atoms with E-state index < -0.39 is 0 Å². The molecule has 0 atom stereocenters. The van der Waals surface area contributed by atoms with E-state index in [1.54, 1.807) is 7.11 Å². The highest BCUT2D eigenvalue weighted by atomic mass is 16.5. The molecule has 0 aliphatic carbocycles. The highest BCUT2D eigenvalue weighted by Gasteiger charge is 2.14. The Morgan fingerprint density at radius 2 is 1.93 bits per heavy atom. The third kappa shape index (κ3) is 3.61. The summed E-state index contributed by atoms with van der Waals surface area (Å²) < 4.78 is 13.0. The first-order valence-corrected chi connectivity index (χ1v) is 9.96. The first-order chi connectivity index (χ1) is 14.3.